The number of nitrogens with one attached hydrogen (secondary N) is 1. The lowest BCUT2D eigenvalue weighted by atomic mass is 10.0. The summed E-state index contributed by atoms with van der Waals surface area (Å²) in [7, 11) is 1.51. The van der Waals surface area contributed by atoms with Crippen LogP contribution in [0.15, 0.2) is 30.3 Å². The Hall–Kier alpha value is -1.98. The van der Waals surface area contributed by atoms with Crippen LogP contribution in [0.1, 0.15) is 35.8 Å². The van der Waals surface area contributed by atoms with Gasteiger partial charge in [-0.25, -0.2) is 0 Å². The minimum Gasteiger partial charge on any atom is -0.389 e. The Balaban J connectivity index is 2.30. The zero-order valence-electron chi connectivity index (χ0n) is 13.2. The van der Waals surface area contributed by atoms with Gasteiger partial charge in [0.1, 0.15) is 0 Å². The third-order valence-corrected chi connectivity index (χ3v) is 3.43. The van der Waals surface area contributed by atoms with Crippen molar-refractivity contribution in [3.63, 3.8) is 0 Å². The maximum absolute atomic E-state index is 12.5. The number of hydrogen-bond acceptors (Lipinski definition) is 4. The maximum Gasteiger partial charge on any atom is 0.252 e. The number of nitrogens with zero attached hydrogens (tertiary/aromatic N) is 1. The van der Waals surface area contributed by atoms with E-state index in [4.69, 9.17) is 4.74 Å². The molecule has 22 heavy (non-hydrogen) atoms. The number of para-hydroxylation sites is 1. The van der Waals surface area contributed by atoms with Crippen molar-refractivity contribution >= 4 is 16.8 Å². The molecule has 0 saturated carbocycles. The highest BCUT2D eigenvalue weighted by Crippen LogP contribution is 2.22. The summed E-state index contributed by atoms with van der Waals surface area (Å²) >= 11 is 0. The molecule has 0 spiro atoms. The second-order valence-corrected chi connectivity index (χ2v) is 5.59. The van der Waals surface area contributed by atoms with E-state index in [2.05, 4.69) is 10.3 Å². The van der Waals surface area contributed by atoms with Crippen molar-refractivity contribution in [2.75, 3.05) is 20.3 Å². The number of aliphatic hydroxyl groups excluding tert-OH is 1. The summed E-state index contributed by atoms with van der Waals surface area (Å²) in [5.41, 5.74) is 2.26. The van der Waals surface area contributed by atoms with Crippen LogP contribution in [0, 0.1) is 0 Å². The van der Waals surface area contributed by atoms with E-state index in [-0.39, 0.29) is 25.0 Å². The largest absolute Gasteiger partial charge is 0.389 e. The van der Waals surface area contributed by atoms with E-state index in [0.29, 0.717) is 5.56 Å². The Morgan fingerprint density at radius 3 is 2.77 bits per heavy atom. The normalized spacial score (nSPS) is 12.6. The van der Waals surface area contributed by atoms with Gasteiger partial charge in [0, 0.05) is 24.7 Å². The molecular weight excluding hydrogens is 280 g/mol. The number of ether oxygens (including phenoxy) is 1. The first-order valence-electron chi connectivity index (χ1n) is 7.37. The molecule has 1 amide bonds. The van der Waals surface area contributed by atoms with Crippen LogP contribution in [0.5, 0.6) is 0 Å². The lowest BCUT2D eigenvalue weighted by Gasteiger charge is -2.14. The fourth-order valence-corrected chi connectivity index (χ4v) is 2.24. The number of fused-ring (bicyclic) bond motifs is 1. The number of aromatic nitrogens is 1. The third kappa shape index (κ3) is 3.81. The van der Waals surface area contributed by atoms with Crippen LogP contribution >= 0.6 is 0 Å². The number of pyridine rings is 1. The highest BCUT2D eigenvalue weighted by molar-refractivity contribution is 6.06. The molecule has 1 aromatic heterocycles. The van der Waals surface area contributed by atoms with Gasteiger partial charge in [0.2, 0.25) is 0 Å². The third-order valence-electron chi connectivity index (χ3n) is 3.43. The fraction of sp³-hybridized carbons (Fsp3) is 0.412. The molecule has 0 radical (unpaired) electrons. The molecule has 0 aliphatic rings. The number of aliphatic hydroxyl groups is 1. The highest BCUT2D eigenvalue weighted by Gasteiger charge is 2.15. The van der Waals surface area contributed by atoms with Gasteiger partial charge in [0.05, 0.1) is 23.8 Å². The molecule has 0 saturated heterocycles. The first kappa shape index (κ1) is 16.4. The Kier molecular flexibility index (Phi) is 5.46. The first-order valence-corrected chi connectivity index (χ1v) is 7.37. The van der Waals surface area contributed by atoms with Crippen molar-refractivity contribution in [1.82, 2.24) is 10.3 Å². The van der Waals surface area contributed by atoms with E-state index in [1.165, 1.54) is 7.11 Å². The van der Waals surface area contributed by atoms with E-state index in [1.54, 1.807) is 0 Å². The summed E-state index contributed by atoms with van der Waals surface area (Å²) in [6, 6.07) is 9.40. The quantitative estimate of drug-likeness (QED) is 0.857. The zero-order chi connectivity index (χ0) is 16.1. The van der Waals surface area contributed by atoms with Gasteiger partial charge in [-0.3, -0.25) is 9.78 Å². The average molecular weight is 302 g/mol. The van der Waals surface area contributed by atoms with Crippen LogP contribution < -0.4 is 5.32 Å². The molecule has 1 heterocycles. The minimum absolute atomic E-state index is 0.153. The molecule has 5 heteroatoms. The second-order valence-electron chi connectivity index (χ2n) is 5.59. The number of methoxy groups -OCH3 is 1. The summed E-state index contributed by atoms with van der Waals surface area (Å²) < 4.78 is 4.85. The van der Waals surface area contributed by atoms with Gasteiger partial charge in [-0.2, -0.15) is 0 Å². The summed E-state index contributed by atoms with van der Waals surface area (Å²) in [5, 5.41) is 13.2. The average Bonchev–Trinajstić information content (AvgIpc) is 2.51. The second kappa shape index (κ2) is 7.33. The smallest absolute Gasteiger partial charge is 0.252 e. The van der Waals surface area contributed by atoms with E-state index >= 15 is 0 Å². The number of hydrogen-bond donors (Lipinski definition) is 2. The standard InChI is InChI=1S/C17H22N2O3/c1-11(2)16-8-14(13-6-4-5-7-15(13)19-16)17(21)18-9-12(20)10-22-3/h4-8,11-12,20H,9-10H2,1-3H3,(H,18,21). The van der Waals surface area contributed by atoms with Gasteiger partial charge >= 0.3 is 0 Å². The summed E-state index contributed by atoms with van der Waals surface area (Å²) in [5.74, 6) is 0.0193. The molecule has 1 unspecified atom stereocenters. The topological polar surface area (TPSA) is 71.5 Å². The molecule has 0 fully saturated rings. The van der Waals surface area contributed by atoms with Crippen LogP contribution in [0.4, 0.5) is 0 Å². The van der Waals surface area contributed by atoms with E-state index in [1.807, 2.05) is 44.2 Å². The van der Waals surface area contributed by atoms with Crippen molar-refractivity contribution in [3.8, 4) is 0 Å². The highest BCUT2D eigenvalue weighted by atomic mass is 16.5. The Morgan fingerprint density at radius 1 is 1.36 bits per heavy atom. The lowest BCUT2D eigenvalue weighted by Crippen LogP contribution is -2.34. The molecule has 5 nitrogen and oxygen atoms in total. The van der Waals surface area contributed by atoms with Crippen LogP contribution in [-0.4, -0.2) is 42.4 Å². The van der Waals surface area contributed by atoms with Crippen molar-refractivity contribution in [2.45, 2.75) is 25.9 Å². The predicted molar refractivity (Wildman–Crippen MR) is 86.0 cm³/mol. The molecule has 2 aromatic rings. The number of amides is 1. The molecule has 1 aromatic carbocycles. The SMILES string of the molecule is COCC(O)CNC(=O)c1cc(C(C)C)nc2ccccc12. The van der Waals surface area contributed by atoms with Gasteiger partial charge in [-0.15, -0.1) is 0 Å². The predicted octanol–water partition coefficient (Wildman–Crippen LogP) is 2.10. The fourth-order valence-electron chi connectivity index (χ4n) is 2.24. The van der Waals surface area contributed by atoms with Gasteiger partial charge in [0.15, 0.2) is 0 Å². The Labute approximate surface area is 130 Å². The van der Waals surface area contributed by atoms with Crippen molar-refractivity contribution in [1.29, 1.82) is 0 Å². The molecule has 0 aliphatic heterocycles. The molecule has 2 rings (SSSR count). The molecule has 0 aliphatic carbocycles. The van der Waals surface area contributed by atoms with Crippen molar-refractivity contribution < 1.29 is 14.6 Å². The van der Waals surface area contributed by atoms with Gasteiger partial charge in [-0.05, 0) is 18.1 Å². The number of carbonyl (C=O) groups is 1. The van der Waals surface area contributed by atoms with Crippen molar-refractivity contribution in [3.05, 3.63) is 41.6 Å². The van der Waals surface area contributed by atoms with E-state index in [0.717, 1.165) is 16.6 Å². The molecule has 0 bridgehead atoms. The van der Waals surface area contributed by atoms with Crippen LogP contribution in [0.25, 0.3) is 10.9 Å². The number of carbonyl (C=O) groups excluding carboxylic acids is 1. The van der Waals surface area contributed by atoms with Crippen LogP contribution in [-0.2, 0) is 4.74 Å². The summed E-state index contributed by atoms with van der Waals surface area (Å²) in [4.78, 5) is 17.0. The number of rotatable bonds is 6. The van der Waals surface area contributed by atoms with Gasteiger partial charge in [0.25, 0.3) is 5.91 Å². The molecule has 1 atom stereocenters. The van der Waals surface area contributed by atoms with E-state index < -0.39 is 6.10 Å². The van der Waals surface area contributed by atoms with E-state index in [9.17, 15) is 9.90 Å². The van der Waals surface area contributed by atoms with Crippen LogP contribution in [0.2, 0.25) is 0 Å². The van der Waals surface area contributed by atoms with Crippen molar-refractivity contribution in [2.24, 2.45) is 0 Å². The Morgan fingerprint density at radius 2 is 2.09 bits per heavy atom. The van der Waals surface area contributed by atoms with Crippen LogP contribution in [0.3, 0.4) is 0 Å². The molecule has 2 N–H and O–H groups in total. The minimum atomic E-state index is -0.716. The maximum atomic E-state index is 12.5. The van der Waals surface area contributed by atoms with Gasteiger partial charge < -0.3 is 15.2 Å². The lowest BCUT2D eigenvalue weighted by molar-refractivity contribution is 0.0610. The summed E-state index contributed by atoms with van der Waals surface area (Å²) in [6.45, 7) is 4.43. The molecular formula is C17H22N2O3. The first-order chi connectivity index (χ1) is 10.5. The van der Waals surface area contributed by atoms with Gasteiger partial charge in [-0.1, -0.05) is 32.0 Å². The number of benzene rings is 1. The monoisotopic (exact) mass is 302 g/mol. The Bertz CT molecular complexity index is 655. The zero-order valence-corrected chi connectivity index (χ0v) is 13.2. The molecule has 118 valence electrons. The summed E-state index contributed by atoms with van der Waals surface area (Å²) in [6.07, 6.45) is -0.716.